The Hall–Kier alpha value is -7.30. The maximum absolute atomic E-state index is 16.1. The van der Waals surface area contributed by atoms with E-state index in [4.69, 9.17) is 30.1 Å². The molecule has 71 heavy (non-hydrogen) atoms. The number of nitrogen functional groups attached to an aromatic ring is 1. The summed E-state index contributed by atoms with van der Waals surface area (Å²) in [4.78, 5) is 78.6. The van der Waals surface area contributed by atoms with E-state index < -0.39 is 17.9 Å². The molecule has 5 fully saturated rings. The van der Waals surface area contributed by atoms with Crippen molar-refractivity contribution >= 4 is 63.2 Å². The summed E-state index contributed by atoms with van der Waals surface area (Å²) in [5.74, 6) is 1.52. The molecule has 3 N–H and O–H groups in total. The normalized spacial score (nSPS) is 19.5. The minimum Gasteiger partial charge on any atom is -0.439 e. The molecule has 1 atom stereocenters. The number of urea groups is 1. The zero-order chi connectivity index (χ0) is 49.2. The number of likely N-dealkylation sites (tertiary alicyclic amines) is 2. The molecule has 0 bridgehead atoms. The molecule has 23 heteroatoms. The number of hydrogen-bond acceptors (Lipinski definition) is 16. The van der Waals surface area contributed by atoms with Crippen LogP contribution in [0.25, 0.3) is 44.7 Å². The van der Waals surface area contributed by atoms with Gasteiger partial charge in [0.1, 0.15) is 29.0 Å². The minimum absolute atomic E-state index is 0.00927. The first kappa shape index (κ1) is 46.1. The Balaban J connectivity index is 0.652. The summed E-state index contributed by atoms with van der Waals surface area (Å²) in [7, 11) is 1.65. The number of rotatable bonds is 11. The molecule has 5 aliphatic rings. The van der Waals surface area contributed by atoms with Gasteiger partial charge in [0.05, 0.1) is 16.6 Å². The second-order valence-corrected chi connectivity index (χ2v) is 19.7. The largest absolute Gasteiger partial charge is 0.439 e. The van der Waals surface area contributed by atoms with Crippen LogP contribution in [0.1, 0.15) is 87.3 Å². The molecule has 1 aliphatic carbocycles. The minimum atomic E-state index is -0.567. The van der Waals surface area contributed by atoms with E-state index in [0.29, 0.717) is 114 Å². The molecule has 4 saturated heterocycles. The van der Waals surface area contributed by atoms with Crippen LogP contribution in [0.3, 0.4) is 0 Å². The first-order valence-corrected chi connectivity index (χ1v) is 24.6. The lowest BCUT2D eigenvalue weighted by Gasteiger charge is -2.37. The highest BCUT2D eigenvalue weighted by Crippen LogP contribution is 2.48. The summed E-state index contributed by atoms with van der Waals surface area (Å²) < 4.78 is 30.9. The van der Waals surface area contributed by atoms with Crippen molar-refractivity contribution < 1.29 is 32.8 Å². The summed E-state index contributed by atoms with van der Waals surface area (Å²) in [6.45, 7) is 11.5. The van der Waals surface area contributed by atoms with Gasteiger partial charge in [0.2, 0.25) is 5.91 Å². The molecule has 4 aliphatic heterocycles. The van der Waals surface area contributed by atoms with Crippen LogP contribution in [-0.4, -0.2) is 155 Å². The molecule has 5 aromatic heterocycles. The first-order chi connectivity index (χ1) is 34.3. The van der Waals surface area contributed by atoms with Crippen LogP contribution in [0, 0.1) is 18.7 Å². The van der Waals surface area contributed by atoms with Crippen LogP contribution in [0.15, 0.2) is 29.2 Å². The SMILES string of the molecule is Cc1nc(-c2c(-c3nn(C(C)C)c4ncnc(N)c34)noc2C2CC2)ncc1C1CCN(C(=O)OCC(=O)N2CC[C@@H](CN3CCN(c4ccc5c(N6CCC(=O)NC6=O)nn(C)c5c4F)CC3)C2)CC1. The lowest BCUT2D eigenvalue weighted by atomic mass is 9.89. The number of aryl methyl sites for hydroxylation is 2. The molecule has 0 radical (unpaired) electrons. The number of aromatic nitrogens is 9. The Kier molecular flexibility index (Phi) is 12.0. The summed E-state index contributed by atoms with van der Waals surface area (Å²) in [6.07, 6.45) is 7.17. The van der Waals surface area contributed by atoms with Crippen molar-refractivity contribution in [2.24, 2.45) is 13.0 Å². The number of piperazine rings is 1. The van der Waals surface area contributed by atoms with Crippen LogP contribution >= 0.6 is 0 Å². The van der Waals surface area contributed by atoms with Crippen molar-refractivity contribution in [3.8, 4) is 22.8 Å². The van der Waals surface area contributed by atoms with Crippen molar-refractivity contribution in [1.82, 2.24) is 64.7 Å². The molecule has 0 unspecified atom stereocenters. The Morgan fingerprint density at radius 3 is 2.44 bits per heavy atom. The third-order valence-electron chi connectivity index (χ3n) is 14.7. The van der Waals surface area contributed by atoms with Gasteiger partial charge in [-0.05, 0) is 82.4 Å². The maximum Gasteiger partial charge on any atom is 0.410 e. The van der Waals surface area contributed by atoms with E-state index in [1.807, 2.05) is 36.5 Å². The smallest absolute Gasteiger partial charge is 0.410 e. The number of nitrogens with zero attached hydrogens (tertiary/aromatic N) is 14. The molecule has 22 nitrogen and oxygen atoms in total. The highest BCUT2D eigenvalue weighted by atomic mass is 19.1. The van der Waals surface area contributed by atoms with Gasteiger partial charge in [-0.2, -0.15) is 10.2 Å². The molecule has 5 amide bonds. The molecular weight excluding hydrogens is 916 g/mol. The van der Waals surface area contributed by atoms with Gasteiger partial charge >= 0.3 is 12.1 Å². The van der Waals surface area contributed by atoms with E-state index in [1.54, 1.807) is 29.0 Å². The fourth-order valence-corrected chi connectivity index (χ4v) is 10.8. The molecule has 11 rings (SSSR count). The van der Waals surface area contributed by atoms with Gasteiger partial charge in [-0.15, -0.1) is 0 Å². The zero-order valence-electron chi connectivity index (χ0n) is 40.3. The van der Waals surface area contributed by atoms with Gasteiger partial charge in [-0.25, -0.2) is 38.6 Å². The molecule has 372 valence electrons. The van der Waals surface area contributed by atoms with Crippen molar-refractivity contribution in [3.63, 3.8) is 0 Å². The Bertz CT molecular complexity index is 3080. The highest BCUT2D eigenvalue weighted by molar-refractivity contribution is 6.09. The number of carbonyl (C=O) groups excluding carboxylic acids is 4. The average Bonchev–Trinajstić information content (AvgIpc) is 3.62. The van der Waals surface area contributed by atoms with Gasteiger partial charge in [-0.1, -0.05) is 5.16 Å². The summed E-state index contributed by atoms with van der Waals surface area (Å²) in [5, 5.41) is 17.3. The fraction of sp³-hybridized carbons (Fsp3) is 0.521. The van der Waals surface area contributed by atoms with Crippen LogP contribution in [0.2, 0.25) is 0 Å². The van der Waals surface area contributed by atoms with E-state index in [1.165, 1.54) is 15.9 Å². The van der Waals surface area contributed by atoms with Crippen LogP contribution < -0.4 is 20.9 Å². The van der Waals surface area contributed by atoms with E-state index in [-0.39, 0.29) is 55.2 Å². The van der Waals surface area contributed by atoms with Crippen molar-refractivity contribution in [1.29, 1.82) is 0 Å². The highest BCUT2D eigenvalue weighted by Gasteiger charge is 2.38. The second-order valence-electron chi connectivity index (χ2n) is 19.7. The number of amides is 5. The number of piperidine rings is 1. The third kappa shape index (κ3) is 8.62. The van der Waals surface area contributed by atoms with Gasteiger partial charge in [0.15, 0.2) is 35.5 Å². The van der Waals surface area contributed by atoms with Gasteiger partial charge in [0, 0.05) is 108 Å². The number of nitrogens with one attached hydrogen (secondary N) is 1. The lowest BCUT2D eigenvalue weighted by molar-refractivity contribution is -0.133. The van der Waals surface area contributed by atoms with Gasteiger partial charge < -0.3 is 29.7 Å². The molecule has 0 spiro atoms. The van der Waals surface area contributed by atoms with Crippen molar-refractivity contribution in [2.45, 2.75) is 77.2 Å². The zero-order valence-corrected chi connectivity index (χ0v) is 40.3. The van der Waals surface area contributed by atoms with E-state index in [9.17, 15) is 19.2 Å². The van der Waals surface area contributed by atoms with E-state index in [0.717, 1.165) is 55.9 Å². The number of fused-ring (bicyclic) bond motifs is 2. The number of halogens is 1. The van der Waals surface area contributed by atoms with Crippen molar-refractivity contribution in [2.75, 3.05) is 87.6 Å². The number of carbonyl (C=O) groups is 4. The summed E-state index contributed by atoms with van der Waals surface area (Å²) >= 11 is 0. The predicted molar refractivity (Wildman–Crippen MR) is 258 cm³/mol. The van der Waals surface area contributed by atoms with E-state index >= 15 is 4.39 Å². The van der Waals surface area contributed by atoms with Gasteiger partial charge in [0.25, 0.3) is 5.91 Å². The number of benzene rings is 1. The quantitative estimate of drug-likeness (QED) is 0.178. The standard InChI is InChI=1S/C48H57FN16O6/c1-26(2)65-46-37(43(50)52-25-53-46)39(56-65)40-36(42(71-58-40)30-5-6-30)44-51-21-32(27(3)54-44)29-10-14-62(15-11-29)48(69)70-24-35(67)63-13-9-28(23-63)22-60-17-19-61(20-18-60)33-8-7-31-41(38(33)49)59(4)57-45(31)64-16-12-34(66)55-47(64)68/h7-8,21,25-26,28-30H,5-6,9-20,22-24H2,1-4H3,(H2,50,52,53)(H,55,66,68)/t28-/m0/s1. The van der Waals surface area contributed by atoms with Crippen molar-refractivity contribution in [3.05, 3.63) is 47.5 Å². The predicted octanol–water partition coefficient (Wildman–Crippen LogP) is 4.75. The van der Waals surface area contributed by atoms with Crippen LogP contribution in [-0.2, 0) is 21.4 Å². The number of anilines is 3. The topological polar surface area (TPSA) is 245 Å². The monoisotopic (exact) mass is 972 g/mol. The second kappa shape index (κ2) is 18.5. The molecular formula is C48H57FN16O6. The molecule has 9 heterocycles. The lowest BCUT2D eigenvalue weighted by Crippen LogP contribution is -2.49. The Morgan fingerprint density at radius 1 is 0.930 bits per heavy atom. The molecule has 6 aromatic rings. The Morgan fingerprint density at radius 2 is 1.70 bits per heavy atom. The molecule has 1 aromatic carbocycles. The number of nitrogens with two attached hydrogens (primary N) is 1. The molecule has 1 saturated carbocycles. The van der Waals surface area contributed by atoms with Crippen LogP contribution in [0.5, 0.6) is 0 Å². The third-order valence-corrected chi connectivity index (χ3v) is 14.7. The fourth-order valence-electron chi connectivity index (χ4n) is 10.8. The van der Waals surface area contributed by atoms with E-state index in [2.05, 4.69) is 30.4 Å². The maximum atomic E-state index is 16.1. The van der Waals surface area contributed by atoms with Gasteiger partial charge in [-0.3, -0.25) is 29.4 Å². The Labute approximate surface area is 407 Å². The number of hydrogen-bond donors (Lipinski definition) is 2. The number of ether oxygens (including phenoxy) is 1. The number of imide groups is 1. The average molecular weight is 973 g/mol. The summed E-state index contributed by atoms with van der Waals surface area (Å²) in [6, 6.07) is 2.96. The summed E-state index contributed by atoms with van der Waals surface area (Å²) in [5.41, 5.74) is 11.4. The first-order valence-electron chi connectivity index (χ1n) is 24.6. The van der Waals surface area contributed by atoms with Crippen LogP contribution in [0.4, 0.5) is 31.3 Å².